The van der Waals surface area contributed by atoms with Crippen molar-refractivity contribution in [3.63, 3.8) is 0 Å². The molecule has 11 heavy (non-hydrogen) atoms. The Labute approximate surface area is 68.2 Å². The molecule has 2 N–H and O–H groups in total. The predicted molar refractivity (Wildman–Crippen MR) is 45.2 cm³/mol. The topological polar surface area (TPSA) is 43.1 Å². The zero-order valence-electron chi connectivity index (χ0n) is 7.18. The molecule has 1 aliphatic carbocycles. The molecule has 0 bridgehead atoms. The molecule has 1 unspecified atom stereocenters. The zero-order chi connectivity index (χ0) is 8.27. The monoisotopic (exact) mass is 155 g/mol. The minimum Gasteiger partial charge on any atom is -0.322 e. The summed E-state index contributed by atoms with van der Waals surface area (Å²) in [5.41, 5.74) is 5.65. The quantitative estimate of drug-likeness (QED) is 0.653. The molecule has 1 rings (SSSR count). The molecule has 1 fully saturated rings. The van der Waals surface area contributed by atoms with Gasteiger partial charge in [-0.2, -0.15) is 0 Å². The molecule has 2 heteroatoms. The van der Waals surface area contributed by atoms with E-state index in [-0.39, 0.29) is 11.8 Å². The van der Waals surface area contributed by atoms with E-state index in [0.29, 0.717) is 5.92 Å². The lowest BCUT2D eigenvalue weighted by Gasteiger charge is -2.07. The molecule has 0 radical (unpaired) electrons. The number of nitrogens with two attached hydrogens (primary N) is 1. The van der Waals surface area contributed by atoms with E-state index in [0.717, 1.165) is 19.3 Å². The fraction of sp³-hybridized carbons (Fsp3) is 0.889. The van der Waals surface area contributed by atoms with Crippen LogP contribution in [0.2, 0.25) is 0 Å². The van der Waals surface area contributed by atoms with Crippen LogP contribution in [0, 0.1) is 5.92 Å². The molecule has 0 spiro atoms. The third-order valence-corrected chi connectivity index (χ3v) is 2.20. The van der Waals surface area contributed by atoms with Crippen LogP contribution in [0.5, 0.6) is 0 Å². The fourth-order valence-corrected chi connectivity index (χ4v) is 1.23. The number of carbonyl (C=O) groups excluding carboxylic acids is 1. The van der Waals surface area contributed by atoms with Gasteiger partial charge in [0.05, 0.1) is 6.04 Å². The van der Waals surface area contributed by atoms with Crippen molar-refractivity contribution in [2.75, 3.05) is 0 Å². The second-order valence-corrected chi connectivity index (χ2v) is 3.51. The van der Waals surface area contributed by atoms with Crippen molar-refractivity contribution in [3.05, 3.63) is 0 Å². The molecule has 1 saturated carbocycles. The van der Waals surface area contributed by atoms with E-state index in [9.17, 15) is 4.79 Å². The second-order valence-electron chi connectivity index (χ2n) is 3.51. The highest BCUT2D eigenvalue weighted by atomic mass is 16.1. The molecule has 0 aromatic carbocycles. The van der Waals surface area contributed by atoms with Gasteiger partial charge in [0.25, 0.3) is 0 Å². The molecular formula is C9H17NO. The number of hydrogen-bond acceptors (Lipinski definition) is 2. The van der Waals surface area contributed by atoms with Crippen molar-refractivity contribution in [1.29, 1.82) is 0 Å². The molecule has 0 saturated heterocycles. The van der Waals surface area contributed by atoms with Gasteiger partial charge in [-0.15, -0.1) is 0 Å². The lowest BCUT2D eigenvalue weighted by molar-refractivity contribution is -0.120. The molecule has 64 valence electrons. The van der Waals surface area contributed by atoms with Crippen molar-refractivity contribution in [2.45, 2.75) is 45.1 Å². The summed E-state index contributed by atoms with van der Waals surface area (Å²) in [6, 6.07) is -0.180. The Bertz CT molecular complexity index is 140. The van der Waals surface area contributed by atoms with Gasteiger partial charge in [-0.1, -0.05) is 13.3 Å². The second kappa shape index (κ2) is 3.86. The van der Waals surface area contributed by atoms with Gasteiger partial charge in [-0.3, -0.25) is 4.79 Å². The molecule has 0 amide bonds. The zero-order valence-corrected chi connectivity index (χ0v) is 7.18. The predicted octanol–water partition coefficient (Wildman–Crippen LogP) is 1.48. The number of rotatable bonds is 5. The summed E-state index contributed by atoms with van der Waals surface area (Å²) in [6.45, 7) is 2.06. The van der Waals surface area contributed by atoms with Gasteiger partial charge >= 0.3 is 0 Å². The smallest absolute Gasteiger partial charge is 0.149 e. The van der Waals surface area contributed by atoms with E-state index in [2.05, 4.69) is 6.92 Å². The molecule has 1 aliphatic rings. The number of Topliss-reactive ketones (excluding diaryl/α,β-unsaturated/α-hetero) is 1. The Hall–Kier alpha value is -0.370. The van der Waals surface area contributed by atoms with Gasteiger partial charge in [-0.05, 0) is 25.2 Å². The lowest BCUT2D eigenvalue weighted by Crippen LogP contribution is -2.30. The molecular weight excluding hydrogens is 138 g/mol. The highest BCUT2D eigenvalue weighted by molar-refractivity contribution is 5.84. The van der Waals surface area contributed by atoms with Crippen molar-refractivity contribution >= 4 is 5.78 Å². The number of carbonyl (C=O) groups is 1. The maximum absolute atomic E-state index is 11.3. The van der Waals surface area contributed by atoms with Crippen molar-refractivity contribution in [1.82, 2.24) is 0 Å². The van der Waals surface area contributed by atoms with Gasteiger partial charge in [-0.25, -0.2) is 0 Å². The van der Waals surface area contributed by atoms with E-state index in [1.54, 1.807) is 0 Å². The van der Waals surface area contributed by atoms with Crippen LogP contribution < -0.4 is 5.73 Å². The fourth-order valence-electron chi connectivity index (χ4n) is 1.23. The standard InChI is InChI=1S/C9H17NO/c1-2-3-8(10)9(11)6-7-4-5-7/h7-8H,2-6,10H2,1H3. The molecule has 0 heterocycles. The van der Waals surface area contributed by atoms with E-state index >= 15 is 0 Å². The first-order chi connectivity index (χ1) is 5.24. The van der Waals surface area contributed by atoms with E-state index in [1.165, 1.54) is 12.8 Å². The normalized spacial score (nSPS) is 19.8. The van der Waals surface area contributed by atoms with E-state index < -0.39 is 0 Å². The number of ketones is 1. The summed E-state index contributed by atoms with van der Waals surface area (Å²) in [5, 5.41) is 0. The Kier molecular flexibility index (Phi) is 3.06. The van der Waals surface area contributed by atoms with E-state index in [1.807, 2.05) is 0 Å². The molecule has 0 aromatic heterocycles. The summed E-state index contributed by atoms with van der Waals surface area (Å²) in [7, 11) is 0. The van der Waals surface area contributed by atoms with Crippen LogP contribution >= 0.6 is 0 Å². The molecule has 2 nitrogen and oxygen atoms in total. The third-order valence-electron chi connectivity index (χ3n) is 2.20. The molecule has 1 atom stereocenters. The molecule has 0 aromatic rings. The van der Waals surface area contributed by atoms with Crippen LogP contribution in [0.3, 0.4) is 0 Å². The summed E-state index contributed by atoms with van der Waals surface area (Å²) >= 11 is 0. The van der Waals surface area contributed by atoms with Gasteiger partial charge in [0.2, 0.25) is 0 Å². The third kappa shape index (κ3) is 3.02. The Morgan fingerprint density at radius 1 is 1.64 bits per heavy atom. The largest absolute Gasteiger partial charge is 0.322 e. The summed E-state index contributed by atoms with van der Waals surface area (Å²) in [6.07, 6.45) is 5.08. The highest BCUT2D eigenvalue weighted by Crippen LogP contribution is 2.32. The van der Waals surface area contributed by atoms with Crippen molar-refractivity contribution in [2.24, 2.45) is 11.7 Å². The maximum atomic E-state index is 11.3. The average molecular weight is 155 g/mol. The average Bonchev–Trinajstić information content (AvgIpc) is 2.72. The first-order valence-electron chi connectivity index (χ1n) is 4.52. The van der Waals surface area contributed by atoms with Gasteiger partial charge < -0.3 is 5.73 Å². The van der Waals surface area contributed by atoms with Crippen LogP contribution in [0.15, 0.2) is 0 Å². The Morgan fingerprint density at radius 3 is 2.73 bits per heavy atom. The Balaban J connectivity index is 2.15. The highest BCUT2D eigenvalue weighted by Gasteiger charge is 2.26. The van der Waals surface area contributed by atoms with Crippen molar-refractivity contribution in [3.8, 4) is 0 Å². The van der Waals surface area contributed by atoms with E-state index in [4.69, 9.17) is 5.73 Å². The minimum absolute atomic E-state index is 0.180. The van der Waals surface area contributed by atoms with Crippen molar-refractivity contribution < 1.29 is 4.79 Å². The summed E-state index contributed by atoms with van der Waals surface area (Å²) in [4.78, 5) is 11.3. The van der Waals surface area contributed by atoms with Crippen LogP contribution in [-0.2, 0) is 4.79 Å². The summed E-state index contributed by atoms with van der Waals surface area (Å²) < 4.78 is 0. The maximum Gasteiger partial charge on any atom is 0.149 e. The number of hydrogen-bond donors (Lipinski definition) is 1. The lowest BCUT2D eigenvalue weighted by atomic mass is 10.0. The minimum atomic E-state index is -0.180. The van der Waals surface area contributed by atoms with Gasteiger partial charge in [0.1, 0.15) is 5.78 Å². The summed E-state index contributed by atoms with van der Waals surface area (Å²) in [5.74, 6) is 0.958. The first-order valence-corrected chi connectivity index (χ1v) is 4.52. The SMILES string of the molecule is CCCC(N)C(=O)CC1CC1. The van der Waals surface area contributed by atoms with Crippen LogP contribution in [0.1, 0.15) is 39.0 Å². The van der Waals surface area contributed by atoms with Crippen LogP contribution in [-0.4, -0.2) is 11.8 Å². The van der Waals surface area contributed by atoms with Crippen LogP contribution in [0.4, 0.5) is 0 Å². The van der Waals surface area contributed by atoms with Crippen LogP contribution in [0.25, 0.3) is 0 Å². The first kappa shape index (κ1) is 8.72. The van der Waals surface area contributed by atoms with Gasteiger partial charge in [0.15, 0.2) is 0 Å². The van der Waals surface area contributed by atoms with Gasteiger partial charge in [0, 0.05) is 6.42 Å². The molecule has 0 aliphatic heterocycles. The Morgan fingerprint density at radius 2 is 2.27 bits per heavy atom.